The molecule has 1 fully saturated rings. The van der Waals surface area contributed by atoms with E-state index in [1.165, 1.54) is 0 Å². The fraction of sp³-hybridized carbons (Fsp3) is 0.875. The highest BCUT2D eigenvalue weighted by Gasteiger charge is 2.33. The van der Waals surface area contributed by atoms with E-state index in [0.717, 1.165) is 12.8 Å². The highest BCUT2D eigenvalue weighted by Crippen LogP contribution is 2.35. The van der Waals surface area contributed by atoms with Crippen LogP contribution in [0.2, 0.25) is 0 Å². The Kier molecular flexibility index (Phi) is 3.05. The van der Waals surface area contributed by atoms with Gasteiger partial charge in [-0.3, -0.25) is 4.79 Å². The Morgan fingerprint density at radius 1 is 1.75 bits per heavy atom. The van der Waals surface area contributed by atoms with Gasteiger partial charge in [0.2, 0.25) is 0 Å². The van der Waals surface area contributed by atoms with E-state index in [1.54, 1.807) is 7.11 Å². The number of hydrogen-bond acceptors (Lipinski definition) is 3. The van der Waals surface area contributed by atoms with E-state index in [9.17, 15) is 4.79 Å². The molecule has 0 aromatic rings. The first kappa shape index (κ1) is 9.48. The quantitative estimate of drug-likeness (QED) is 0.623. The lowest BCUT2D eigenvalue weighted by molar-refractivity contribution is -0.139. The molecule has 12 heavy (non-hydrogen) atoms. The van der Waals surface area contributed by atoms with Gasteiger partial charge in [-0.2, -0.15) is 0 Å². The molecule has 0 aromatic heterocycles. The maximum atomic E-state index is 10.4. The second-order valence-electron chi connectivity index (χ2n) is 3.29. The first-order valence-electron chi connectivity index (χ1n) is 4.16. The normalized spacial score (nSPS) is 21.8. The molecule has 0 radical (unpaired) electrons. The van der Waals surface area contributed by atoms with E-state index < -0.39 is 12.0 Å². The van der Waals surface area contributed by atoms with Crippen LogP contribution in [0.25, 0.3) is 0 Å². The zero-order valence-corrected chi connectivity index (χ0v) is 7.19. The van der Waals surface area contributed by atoms with Crippen LogP contribution in [0.3, 0.4) is 0 Å². The van der Waals surface area contributed by atoms with Gasteiger partial charge in [-0.15, -0.1) is 0 Å². The molecule has 1 rings (SSSR count). The summed E-state index contributed by atoms with van der Waals surface area (Å²) in [6.07, 6.45) is 2.75. The summed E-state index contributed by atoms with van der Waals surface area (Å²) in [5, 5.41) is 8.55. The van der Waals surface area contributed by atoms with Crippen LogP contribution in [0.5, 0.6) is 0 Å². The van der Waals surface area contributed by atoms with Crippen molar-refractivity contribution in [3.05, 3.63) is 0 Å². The monoisotopic (exact) mass is 173 g/mol. The zero-order chi connectivity index (χ0) is 9.14. The van der Waals surface area contributed by atoms with Crippen molar-refractivity contribution in [2.75, 3.05) is 7.11 Å². The van der Waals surface area contributed by atoms with Crippen LogP contribution in [0.15, 0.2) is 0 Å². The minimum atomic E-state index is -0.947. The number of rotatable bonds is 5. The summed E-state index contributed by atoms with van der Waals surface area (Å²) in [6, 6.07) is -0.782. The van der Waals surface area contributed by atoms with E-state index >= 15 is 0 Å². The van der Waals surface area contributed by atoms with Crippen molar-refractivity contribution in [1.29, 1.82) is 0 Å². The molecular formula is C8H15NO3. The number of aliphatic carboxylic acids is 1. The summed E-state index contributed by atoms with van der Waals surface area (Å²) in [5.74, 6) is -0.405. The summed E-state index contributed by atoms with van der Waals surface area (Å²) in [4.78, 5) is 10.4. The Morgan fingerprint density at radius 3 is 2.67 bits per heavy atom. The van der Waals surface area contributed by atoms with Gasteiger partial charge in [0.1, 0.15) is 6.04 Å². The molecule has 0 spiro atoms. The first-order chi connectivity index (χ1) is 5.65. The number of nitrogens with two attached hydrogens (primary N) is 1. The summed E-state index contributed by atoms with van der Waals surface area (Å²) in [5.41, 5.74) is 5.38. The number of carbonyl (C=O) groups is 1. The number of carboxylic acids is 1. The van der Waals surface area contributed by atoms with E-state index in [0.29, 0.717) is 12.3 Å². The topological polar surface area (TPSA) is 72.5 Å². The number of hydrogen-bond donors (Lipinski definition) is 2. The number of ether oxygens (including phenoxy) is 1. The second kappa shape index (κ2) is 3.87. The molecule has 1 aliphatic rings. The molecule has 4 nitrogen and oxygen atoms in total. The highest BCUT2D eigenvalue weighted by atomic mass is 16.5. The van der Waals surface area contributed by atoms with Crippen molar-refractivity contribution in [3.63, 3.8) is 0 Å². The molecule has 1 aliphatic carbocycles. The van der Waals surface area contributed by atoms with Crippen LogP contribution in [0.4, 0.5) is 0 Å². The molecule has 0 aliphatic heterocycles. The Morgan fingerprint density at radius 2 is 2.33 bits per heavy atom. The van der Waals surface area contributed by atoms with Gasteiger partial charge < -0.3 is 15.6 Å². The summed E-state index contributed by atoms with van der Waals surface area (Å²) >= 11 is 0. The van der Waals surface area contributed by atoms with Gasteiger partial charge in [-0.1, -0.05) is 0 Å². The van der Waals surface area contributed by atoms with Crippen LogP contribution in [-0.2, 0) is 9.53 Å². The standard InChI is InChI=1S/C8H15NO3/c1-12-7(5-2-3-5)4-6(9)8(10)11/h5-7H,2-4,9H2,1H3,(H,10,11). The maximum absolute atomic E-state index is 10.4. The molecule has 70 valence electrons. The van der Waals surface area contributed by atoms with Crippen molar-refractivity contribution in [1.82, 2.24) is 0 Å². The second-order valence-corrected chi connectivity index (χ2v) is 3.29. The fourth-order valence-corrected chi connectivity index (χ4v) is 1.30. The largest absolute Gasteiger partial charge is 0.480 e. The smallest absolute Gasteiger partial charge is 0.320 e. The van der Waals surface area contributed by atoms with Gasteiger partial charge in [0.05, 0.1) is 6.10 Å². The fourth-order valence-electron chi connectivity index (χ4n) is 1.30. The average molecular weight is 173 g/mol. The van der Waals surface area contributed by atoms with Gasteiger partial charge >= 0.3 is 5.97 Å². The molecule has 4 heteroatoms. The van der Waals surface area contributed by atoms with Crippen molar-refractivity contribution >= 4 is 5.97 Å². The van der Waals surface area contributed by atoms with Gasteiger partial charge in [-0.25, -0.2) is 0 Å². The van der Waals surface area contributed by atoms with Crippen LogP contribution in [0.1, 0.15) is 19.3 Å². The lowest BCUT2D eigenvalue weighted by Crippen LogP contribution is -2.35. The van der Waals surface area contributed by atoms with Crippen molar-refractivity contribution in [2.45, 2.75) is 31.4 Å². The Hall–Kier alpha value is -0.610. The lowest BCUT2D eigenvalue weighted by Gasteiger charge is -2.16. The molecule has 0 amide bonds. The molecule has 0 heterocycles. The van der Waals surface area contributed by atoms with Crippen LogP contribution < -0.4 is 5.73 Å². The molecular weight excluding hydrogens is 158 g/mol. The minimum absolute atomic E-state index is 0.0381. The third kappa shape index (κ3) is 2.46. The van der Waals surface area contributed by atoms with E-state index in [-0.39, 0.29) is 6.10 Å². The Labute approximate surface area is 71.7 Å². The molecule has 2 unspecified atom stereocenters. The molecule has 0 saturated heterocycles. The van der Waals surface area contributed by atoms with Gasteiger partial charge in [-0.05, 0) is 25.2 Å². The molecule has 1 saturated carbocycles. The molecule has 0 bridgehead atoms. The summed E-state index contributed by atoms with van der Waals surface area (Å²) in [6.45, 7) is 0. The maximum Gasteiger partial charge on any atom is 0.320 e. The van der Waals surface area contributed by atoms with Gasteiger partial charge in [0.15, 0.2) is 0 Å². The van der Waals surface area contributed by atoms with Crippen molar-refractivity contribution in [3.8, 4) is 0 Å². The Balaban J connectivity index is 2.30. The van der Waals surface area contributed by atoms with Crippen LogP contribution in [-0.4, -0.2) is 30.3 Å². The number of carboxylic acid groups (broad SMARTS) is 1. The highest BCUT2D eigenvalue weighted by molar-refractivity contribution is 5.73. The average Bonchev–Trinajstić information content (AvgIpc) is 2.82. The van der Waals surface area contributed by atoms with E-state index in [4.69, 9.17) is 15.6 Å². The predicted molar refractivity (Wildman–Crippen MR) is 43.7 cm³/mol. The van der Waals surface area contributed by atoms with Gasteiger partial charge in [0.25, 0.3) is 0 Å². The van der Waals surface area contributed by atoms with Gasteiger partial charge in [0, 0.05) is 7.11 Å². The van der Waals surface area contributed by atoms with Crippen LogP contribution >= 0.6 is 0 Å². The van der Waals surface area contributed by atoms with E-state index in [1.807, 2.05) is 0 Å². The SMILES string of the molecule is COC(CC(N)C(=O)O)C1CC1. The first-order valence-corrected chi connectivity index (χ1v) is 4.16. The minimum Gasteiger partial charge on any atom is -0.480 e. The number of methoxy groups -OCH3 is 1. The lowest BCUT2D eigenvalue weighted by atomic mass is 10.1. The summed E-state index contributed by atoms with van der Waals surface area (Å²) < 4.78 is 5.15. The Bertz CT molecular complexity index is 168. The molecule has 2 atom stereocenters. The predicted octanol–water partition coefficient (Wildman–Crippen LogP) is 0.213. The zero-order valence-electron chi connectivity index (χ0n) is 7.19. The third-order valence-corrected chi connectivity index (χ3v) is 2.25. The van der Waals surface area contributed by atoms with Crippen molar-refractivity contribution < 1.29 is 14.6 Å². The molecule has 3 N–H and O–H groups in total. The molecule has 0 aromatic carbocycles. The van der Waals surface area contributed by atoms with E-state index in [2.05, 4.69) is 0 Å². The van der Waals surface area contributed by atoms with Crippen molar-refractivity contribution in [2.24, 2.45) is 11.7 Å². The van der Waals surface area contributed by atoms with Crippen LogP contribution in [0, 0.1) is 5.92 Å². The third-order valence-electron chi connectivity index (χ3n) is 2.25. The summed E-state index contributed by atoms with van der Waals surface area (Å²) in [7, 11) is 1.61.